The lowest BCUT2D eigenvalue weighted by atomic mass is 9.50. The molecule has 3 aliphatic carbocycles. The summed E-state index contributed by atoms with van der Waals surface area (Å²) in [6, 6.07) is 0. The van der Waals surface area contributed by atoms with Crippen LogP contribution in [0.4, 0.5) is 0 Å². The number of rotatable bonds is 3. The highest BCUT2D eigenvalue weighted by molar-refractivity contribution is 5.89. The zero-order chi connectivity index (χ0) is 12.9. The Balaban J connectivity index is 1.56. The Morgan fingerprint density at radius 3 is 2.72 bits per heavy atom. The molecule has 3 heteroatoms. The van der Waals surface area contributed by atoms with Gasteiger partial charge in [-0.05, 0) is 48.7 Å². The van der Waals surface area contributed by atoms with Gasteiger partial charge in [0.25, 0.3) is 0 Å². The molecule has 0 aromatic carbocycles. The van der Waals surface area contributed by atoms with E-state index < -0.39 is 6.29 Å². The maximum Gasteiger partial charge on any atom is 0.336 e. The van der Waals surface area contributed by atoms with Crippen molar-refractivity contribution in [2.45, 2.75) is 39.9 Å². The van der Waals surface area contributed by atoms with E-state index in [0.29, 0.717) is 23.5 Å². The number of hydrogen-bond acceptors (Lipinski definition) is 3. The predicted octanol–water partition coefficient (Wildman–Crippen LogP) is 2.82. The van der Waals surface area contributed by atoms with Crippen molar-refractivity contribution in [3.63, 3.8) is 0 Å². The second kappa shape index (κ2) is 3.95. The van der Waals surface area contributed by atoms with Gasteiger partial charge in [-0.3, -0.25) is 0 Å². The molecule has 0 saturated heterocycles. The van der Waals surface area contributed by atoms with Crippen molar-refractivity contribution in [2.24, 2.45) is 17.3 Å². The van der Waals surface area contributed by atoms with Gasteiger partial charge in [0, 0.05) is 5.57 Å². The predicted molar refractivity (Wildman–Crippen MR) is 67.7 cm³/mol. The third kappa shape index (κ3) is 1.81. The Hall–Kier alpha value is -1.09. The van der Waals surface area contributed by atoms with Crippen molar-refractivity contribution in [1.29, 1.82) is 0 Å². The molecule has 2 bridgehead atoms. The van der Waals surface area contributed by atoms with E-state index in [1.54, 1.807) is 13.0 Å². The Kier molecular flexibility index (Phi) is 2.63. The monoisotopic (exact) mass is 248 g/mol. The highest BCUT2D eigenvalue weighted by Crippen LogP contribution is 2.57. The number of carbonyl (C=O) groups excluding carboxylic acids is 1. The third-order valence-corrected chi connectivity index (χ3v) is 4.86. The van der Waals surface area contributed by atoms with Gasteiger partial charge in [-0.15, -0.1) is 0 Å². The highest BCUT2D eigenvalue weighted by atomic mass is 16.7. The summed E-state index contributed by atoms with van der Waals surface area (Å²) >= 11 is 0. The first-order valence-corrected chi connectivity index (χ1v) is 6.67. The number of cyclic esters (lactones) is 1. The minimum Gasteiger partial charge on any atom is -0.429 e. The molecule has 98 valence electrons. The maximum atomic E-state index is 11.2. The average Bonchev–Trinajstić information content (AvgIpc) is 2.66. The Labute approximate surface area is 108 Å². The van der Waals surface area contributed by atoms with Crippen LogP contribution < -0.4 is 0 Å². The molecular weight excluding hydrogens is 228 g/mol. The van der Waals surface area contributed by atoms with Gasteiger partial charge in [0.15, 0.2) is 0 Å². The molecule has 0 amide bonds. The van der Waals surface area contributed by atoms with Gasteiger partial charge in [0.2, 0.25) is 6.29 Å². The van der Waals surface area contributed by atoms with Crippen molar-refractivity contribution in [2.75, 3.05) is 6.61 Å². The van der Waals surface area contributed by atoms with E-state index in [-0.39, 0.29) is 5.97 Å². The molecule has 3 nitrogen and oxygen atoms in total. The van der Waals surface area contributed by atoms with Gasteiger partial charge < -0.3 is 9.47 Å². The van der Waals surface area contributed by atoms with Crippen LogP contribution in [-0.4, -0.2) is 18.9 Å². The Morgan fingerprint density at radius 2 is 2.22 bits per heavy atom. The van der Waals surface area contributed by atoms with Crippen LogP contribution >= 0.6 is 0 Å². The van der Waals surface area contributed by atoms with Crippen LogP contribution in [-0.2, 0) is 14.3 Å². The fourth-order valence-electron chi connectivity index (χ4n) is 3.24. The highest BCUT2D eigenvalue weighted by Gasteiger charge is 2.49. The summed E-state index contributed by atoms with van der Waals surface area (Å²) in [6.07, 6.45) is 6.09. The molecule has 0 aromatic rings. The lowest BCUT2D eigenvalue weighted by Crippen LogP contribution is -2.47. The van der Waals surface area contributed by atoms with Crippen molar-refractivity contribution in [3.8, 4) is 0 Å². The van der Waals surface area contributed by atoms with Crippen LogP contribution in [0, 0.1) is 17.3 Å². The van der Waals surface area contributed by atoms with Gasteiger partial charge in [0.05, 0.1) is 6.61 Å². The molecule has 1 aliphatic heterocycles. The fourth-order valence-corrected chi connectivity index (χ4v) is 3.24. The molecule has 4 rings (SSSR count). The van der Waals surface area contributed by atoms with Gasteiger partial charge in [0.1, 0.15) is 0 Å². The molecule has 18 heavy (non-hydrogen) atoms. The van der Waals surface area contributed by atoms with Crippen LogP contribution in [0.5, 0.6) is 0 Å². The second-order valence-corrected chi connectivity index (χ2v) is 6.32. The smallest absolute Gasteiger partial charge is 0.336 e. The summed E-state index contributed by atoms with van der Waals surface area (Å²) in [5.41, 5.74) is 2.48. The topological polar surface area (TPSA) is 35.5 Å². The van der Waals surface area contributed by atoms with Crippen LogP contribution in [0.2, 0.25) is 0 Å². The van der Waals surface area contributed by atoms with Crippen LogP contribution in [0.1, 0.15) is 33.6 Å². The number of fused-ring (bicyclic) bond motifs is 1. The first-order valence-electron chi connectivity index (χ1n) is 6.67. The normalized spacial score (nSPS) is 36.6. The quantitative estimate of drug-likeness (QED) is 0.569. The molecule has 1 saturated carbocycles. The van der Waals surface area contributed by atoms with Gasteiger partial charge in [-0.2, -0.15) is 0 Å². The summed E-state index contributed by atoms with van der Waals surface area (Å²) < 4.78 is 10.7. The number of allylic oxidation sites excluding steroid dienone is 1. The van der Waals surface area contributed by atoms with Gasteiger partial charge in [-0.1, -0.05) is 19.9 Å². The van der Waals surface area contributed by atoms with E-state index in [1.165, 1.54) is 12.0 Å². The van der Waals surface area contributed by atoms with E-state index in [0.717, 1.165) is 12.3 Å². The first kappa shape index (κ1) is 12.0. The van der Waals surface area contributed by atoms with E-state index in [2.05, 4.69) is 19.9 Å². The van der Waals surface area contributed by atoms with E-state index in [1.807, 2.05) is 0 Å². The van der Waals surface area contributed by atoms with E-state index in [9.17, 15) is 4.79 Å². The zero-order valence-corrected chi connectivity index (χ0v) is 11.2. The molecule has 1 heterocycles. The molecule has 0 spiro atoms. The van der Waals surface area contributed by atoms with Crippen molar-refractivity contribution in [1.82, 2.24) is 0 Å². The average molecular weight is 248 g/mol. The number of ether oxygens (including phenoxy) is 2. The minimum atomic E-state index is -0.482. The largest absolute Gasteiger partial charge is 0.429 e. The summed E-state index contributed by atoms with van der Waals surface area (Å²) in [7, 11) is 0. The standard InChI is InChI=1S/C15H20O3/c1-9-4-13(18-14(9)16)17-8-10-5-11-7-12(6-10)15(11,2)3/h4-5,11-13H,6-8H2,1-3H3. The Bertz CT molecular complexity index is 445. The molecular formula is C15H20O3. The Morgan fingerprint density at radius 1 is 1.44 bits per heavy atom. The van der Waals surface area contributed by atoms with Crippen molar-refractivity contribution in [3.05, 3.63) is 23.3 Å². The summed E-state index contributed by atoms with van der Waals surface area (Å²) in [5, 5.41) is 0. The number of carbonyl (C=O) groups is 1. The summed E-state index contributed by atoms with van der Waals surface area (Å²) in [4.78, 5) is 11.2. The van der Waals surface area contributed by atoms with Gasteiger partial charge in [-0.25, -0.2) is 4.79 Å². The molecule has 1 fully saturated rings. The fraction of sp³-hybridized carbons (Fsp3) is 0.667. The minimum absolute atomic E-state index is 0.262. The first-order chi connectivity index (χ1) is 8.46. The summed E-state index contributed by atoms with van der Waals surface area (Å²) in [5.74, 6) is 1.24. The number of hydrogen-bond donors (Lipinski definition) is 0. The molecule has 4 aliphatic rings. The molecule has 3 atom stereocenters. The van der Waals surface area contributed by atoms with Crippen LogP contribution in [0.15, 0.2) is 23.3 Å². The lowest BCUT2D eigenvalue weighted by molar-refractivity contribution is -0.157. The van der Waals surface area contributed by atoms with Gasteiger partial charge >= 0.3 is 5.97 Å². The van der Waals surface area contributed by atoms with E-state index >= 15 is 0 Å². The third-order valence-electron chi connectivity index (χ3n) is 4.86. The van der Waals surface area contributed by atoms with Crippen LogP contribution in [0.25, 0.3) is 0 Å². The zero-order valence-electron chi connectivity index (χ0n) is 11.2. The molecule has 0 aromatic heterocycles. The van der Waals surface area contributed by atoms with Crippen molar-refractivity contribution >= 4 is 5.97 Å². The van der Waals surface area contributed by atoms with Crippen LogP contribution in [0.3, 0.4) is 0 Å². The molecule has 0 N–H and O–H groups in total. The second-order valence-electron chi connectivity index (χ2n) is 6.32. The maximum absolute atomic E-state index is 11.2. The van der Waals surface area contributed by atoms with Crippen molar-refractivity contribution < 1.29 is 14.3 Å². The van der Waals surface area contributed by atoms with E-state index in [4.69, 9.17) is 9.47 Å². The lowest BCUT2D eigenvalue weighted by Gasteiger charge is -2.55. The summed E-state index contributed by atoms with van der Waals surface area (Å²) in [6.45, 7) is 7.05. The number of esters is 1. The molecule has 0 radical (unpaired) electrons. The SMILES string of the molecule is CC1=CC(OCC2=CC3CC(C2)C3(C)C)OC1=O. The molecule has 3 unspecified atom stereocenters.